The van der Waals surface area contributed by atoms with Crippen LogP contribution in [0.1, 0.15) is 19.2 Å². The topological polar surface area (TPSA) is 86.5 Å². The summed E-state index contributed by atoms with van der Waals surface area (Å²) in [6.45, 7) is 2.02. The number of ether oxygens (including phenoxy) is 2. The quantitative estimate of drug-likeness (QED) is 0.658. The molecule has 0 unspecified atom stereocenters. The summed E-state index contributed by atoms with van der Waals surface area (Å²) in [6, 6.07) is 16.6. The van der Waals surface area contributed by atoms with Gasteiger partial charge in [0.15, 0.2) is 6.10 Å². The molecule has 0 saturated carbocycles. The van der Waals surface area contributed by atoms with E-state index in [-0.39, 0.29) is 12.5 Å². The number of nitrogens with zero attached hydrogens (tertiary/aromatic N) is 2. The molecule has 0 radical (unpaired) electrons. The number of carbonyl (C=O) groups is 1. The summed E-state index contributed by atoms with van der Waals surface area (Å²) >= 11 is 0. The molecule has 0 fully saturated rings. The zero-order chi connectivity index (χ0) is 19.1. The molecule has 1 amide bonds. The van der Waals surface area contributed by atoms with Gasteiger partial charge in [-0.15, -0.1) is 0 Å². The molecule has 1 aromatic heterocycles. The number of aromatic nitrogens is 2. The van der Waals surface area contributed by atoms with Crippen LogP contribution in [0, 0.1) is 0 Å². The second-order valence-corrected chi connectivity index (χ2v) is 5.79. The molecule has 0 aliphatic carbocycles. The molecule has 3 aromatic rings. The van der Waals surface area contributed by atoms with Crippen molar-refractivity contribution in [2.24, 2.45) is 0 Å². The fraction of sp³-hybridized carbons (Fsp3) is 0.250. The third kappa shape index (κ3) is 4.84. The van der Waals surface area contributed by atoms with Crippen LogP contribution in [0.2, 0.25) is 0 Å². The Kier molecular flexibility index (Phi) is 6.04. The molecule has 0 spiro atoms. The van der Waals surface area contributed by atoms with Gasteiger partial charge in [-0.25, -0.2) is 0 Å². The maximum atomic E-state index is 12.4. The molecule has 0 aliphatic heterocycles. The number of carbonyl (C=O) groups excluding carboxylic acids is 1. The first-order valence-electron chi connectivity index (χ1n) is 8.66. The van der Waals surface area contributed by atoms with Gasteiger partial charge in [-0.05, 0) is 18.6 Å². The number of hydrogen-bond donors (Lipinski definition) is 1. The van der Waals surface area contributed by atoms with Crippen LogP contribution in [-0.2, 0) is 11.3 Å². The summed E-state index contributed by atoms with van der Waals surface area (Å²) in [5, 5.41) is 6.71. The molecule has 0 aliphatic rings. The Labute approximate surface area is 157 Å². The normalized spacial score (nSPS) is 11.6. The van der Waals surface area contributed by atoms with Gasteiger partial charge in [-0.1, -0.05) is 48.5 Å². The van der Waals surface area contributed by atoms with Crippen molar-refractivity contribution in [2.75, 3.05) is 7.11 Å². The van der Waals surface area contributed by atoms with Crippen molar-refractivity contribution in [1.29, 1.82) is 0 Å². The van der Waals surface area contributed by atoms with E-state index < -0.39 is 6.10 Å². The first-order chi connectivity index (χ1) is 13.2. The third-order valence-corrected chi connectivity index (χ3v) is 3.90. The zero-order valence-corrected chi connectivity index (χ0v) is 15.2. The first kappa shape index (κ1) is 18.4. The van der Waals surface area contributed by atoms with Crippen molar-refractivity contribution in [3.63, 3.8) is 0 Å². The van der Waals surface area contributed by atoms with E-state index in [0.717, 1.165) is 5.56 Å². The highest BCUT2D eigenvalue weighted by atomic mass is 16.5. The van der Waals surface area contributed by atoms with Crippen LogP contribution in [0.3, 0.4) is 0 Å². The van der Waals surface area contributed by atoms with E-state index in [9.17, 15) is 4.79 Å². The van der Waals surface area contributed by atoms with Crippen molar-refractivity contribution in [1.82, 2.24) is 15.5 Å². The Bertz CT molecular complexity index is 880. The van der Waals surface area contributed by atoms with Gasteiger partial charge in [-0.2, -0.15) is 4.98 Å². The maximum Gasteiger partial charge on any atom is 0.261 e. The van der Waals surface area contributed by atoms with Crippen LogP contribution in [0.15, 0.2) is 59.1 Å². The predicted octanol–water partition coefficient (Wildman–Crippen LogP) is 3.22. The lowest BCUT2D eigenvalue weighted by molar-refractivity contribution is -0.128. The highest BCUT2D eigenvalue weighted by molar-refractivity contribution is 5.81. The van der Waals surface area contributed by atoms with E-state index >= 15 is 0 Å². The van der Waals surface area contributed by atoms with Crippen LogP contribution in [0.4, 0.5) is 0 Å². The van der Waals surface area contributed by atoms with E-state index in [1.807, 2.05) is 49.4 Å². The van der Waals surface area contributed by atoms with Crippen molar-refractivity contribution in [3.05, 3.63) is 60.5 Å². The highest BCUT2D eigenvalue weighted by Crippen LogP contribution is 2.21. The molecule has 1 atom stereocenters. The predicted molar refractivity (Wildman–Crippen MR) is 99.3 cm³/mol. The van der Waals surface area contributed by atoms with Gasteiger partial charge in [0, 0.05) is 11.6 Å². The zero-order valence-electron chi connectivity index (χ0n) is 15.2. The Morgan fingerprint density at radius 2 is 1.93 bits per heavy atom. The minimum absolute atomic E-state index is 0.136. The lowest BCUT2D eigenvalue weighted by atomic mass is 10.2. The lowest BCUT2D eigenvalue weighted by Gasteiger charge is -2.17. The van der Waals surface area contributed by atoms with E-state index in [0.29, 0.717) is 29.6 Å². The largest absolute Gasteiger partial charge is 0.497 e. The Morgan fingerprint density at radius 3 is 2.67 bits per heavy atom. The smallest absolute Gasteiger partial charge is 0.261 e. The average molecular weight is 367 g/mol. The number of amides is 1. The molecule has 0 bridgehead atoms. The maximum absolute atomic E-state index is 12.4. The highest BCUT2D eigenvalue weighted by Gasteiger charge is 2.19. The molecule has 0 saturated heterocycles. The molecule has 1 heterocycles. The van der Waals surface area contributed by atoms with Gasteiger partial charge in [0.2, 0.25) is 11.7 Å². The molecular weight excluding hydrogens is 346 g/mol. The van der Waals surface area contributed by atoms with Crippen molar-refractivity contribution < 1.29 is 18.8 Å². The molecular formula is C20H21N3O4. The fourth-order valence-electron chi connectivity index (χ4n) is 2.47. The van der Waals surface area contributed by atoms with Crippen LogP contribution in [-0.4, -0.2) is 29.3 Å². The minimum atomic E-state index is -0.631. The van der Waals surface area contributed by atoms with Crippen molar-refractivity contribution >= 4 is 5.91 Å². The Hall–Kier alpha value is -3.35. The number of hydrogen-bond acceptors (Lipinski definition) is 6. The van der Waals surface area contributed by atoms with Crippen LogP contribution < -0.4 is 14.8 Å². The molecule has 1 N–H and O–H groups in total. The summed E-state index contributed by atoms with van der Waals surface area (Å²) in [5.41, 5.74) is 0.853. The first-order valence-corrected chi connectivity index (χ1v) is 8.66. The molecule has 7 nitrogen and oxygen atoms in total. The Morgan fingerprint density at radius 1 is 1.15 bits per heavy atom. The van der Waals surface area contributed by atoms with Gasteiger partial charge in [0.25, 0.3) is 5.91 Å². The number of methoxy groups -OCH3 is 1. The second kappa shape index (κ2) is 8.84. The summed E-state index contributed by atoms with van der Waals surface area (Å²) in [6.07, 6.45) is -0.115. The number of nitrogens with one attached hydrogen (secondary N) is 1. The Balaban J connectivity index is 1.58. The van der Waals surface area contributed by atoms with E-state index in [4.69, 9.17) is 14.0 Å². The van der Waals surface area contributed by atoms with E-state index in [1.165, 1.54) is 0 Å². The molecule has 27 heavy (non-hydrogen) atoms. The lowest BCUT2D eigenvalue weighted by Crippen LogP contribution is -2.37. The molecule has 2 aromatic carbocycles. The summed E-state index contributed by atoms with van der Waals surface area (Å²) in [7, 11) is 1.58. The van der Waals surface area contributed by atoms with Gasteiger partial charge in [-0.3, -0.25) is 4.79 Å². The van der Waals surface area contributed by atoms with Gasteiger partial charge in [0.1, 0.15) is 11.5 Å². The monoisotopic (exact) mass is 367 g/mol. The van der Waals surface area contributed by atoms with Gasteiger partial charge >= 0.3 is 0 Å². The van der Waals surface area contributed by atoms with Gasteiger partial charge < -0.3 is 19.3 Å². The minimum Gasteiger partial charge on any atom is -0.497 e. The standard InChI is InChI=1S/C20H21N3O4/c1-3-17(26-16-11-7-10-15(12-16)25-2)20(24)21-13-18-22-19(23-27-18)14-8-5-4-6-9-14/h4-12,17H,3,13H2,1-2H3,(H,21,24)/t17-/m0/s1. The van der Waals surface area contributed by atoms with Gasteiger partial charge in [0.05, 0.1) is 13.7 Å². The van der Waals surface area contributed by atoms with Crippen molar-refractivity contribution in [3.8, 4) is 22.9 Å². The summed E-state index contributed by atoms with van der Waals surface area (Å²) < 4.78 is 16.1. The van der Waals surface area contributed by atoms with Crippen LogP contribution in [0.25, 0.3) is 11.4 Å². The molecule has 140 valence electrons. The summed E-state index contributed by atoms with van der Waals surface area (Å²) in [5.74, 6) is 1.81. The third-order valence-electron chi connectivity index (χ3n) is 3.90. The van der Waals surface area contributed by atoms with E-state index in [1.54, 1.807) is 19.2 Å². The van der Waals surface area contributed by atoms with Crippen LogP contribution in [0.5, 0.6) is 11.5 Å². The van der Waals surface area contributed by atoms with Crippen molar-refractivity contribution in [2.45, 2.75) is 26.0 Å². The molecule has 3 rings (SSSR count). The van der Waals surface area contributed by atoms with Crippen LogP contribution >= 0.6 is 0 Å². The number of rotatable bonds is 8. The summed E-state index contributed by atoms with van der Waals surface area (Å²) in [4.78, 5) is 16.7. The SMILES string of the molecule is CC[C@H](Oc1cccc(OC)c1)C(=O)NCc1nc(-c2ccccc2)no1. The second-order valence-electron chi connectivity index (χ2n) is 5.79. The molecule has 7 heteroatoms. The average Bonchev–Trinajstić information content (AvgIpc) is 3.20. The fourth-order valence-corrected chi connectivity index (χ4v) is 2.47. The number of benzene rings is 2. The van der Waals surface area contributed by atoms with E-state index in [2.05, 4.69) is 15.5 Å².